The molecular formula is C16H19NO2S. The molecule has 2 aromatic carbocycles. The van der Waals surface area contributed by atoms with E-state index in [1.165, 1.54) is 0 Å². The molecule has 0 unspecified atom stereocenters. The van der Waals surface area contributed by atoms with E-state index in [0.29, 0.717) is 11.4 Å². The van der Waals surface area contributed by atoms with Gasteiger partial charge in [0.1, 0.15) is 0 Å². The number of sulfonamides is 1. The number of rotatable bonds is 5. The van der Waals surface area contributed by atoms with Crippen molar-refractivity contribution in [2.75, 3.05) is 6.54 Å². The fourth-order valence-electron chi connectivity index (χ4n) is 1.95. The molecule has 20 heavy (non-hydrogen) atoms. The average Bonchev–Trinajstić information content (AvgIpc) is 2.47. The highest BCUT2D eigenvalue weighted by atomic mass is 32.2. The van der Waals surface area contributed by atoms with Gasteiger partial charge in [0.2, 0.25) is 10.0 Å². The van der Waals surface area contributed by atoms with E-state index < -0.39 is 10.0 Å². The Kier molecular flexibility index (Phi) is 4.26. The zero-order chi connectivity index (χ0) is 14.6. The Hall–Kier alpha value is -1.65. The summed E-state index contributed by atoms with van der Waals surface area (Å²) in [5.41, 5.74) is 0.846. The smallest absolute Gasteiger partial charge is 0.210 e. The number of benzene rings is 2. The minimum atomic E-state index is -3.45. The largest absolute Gasteiger partial charge is 0.240 e. The maximum absolute atomic E-state index is 12.2. The van der Waals surface area contributed by atoms with Crippen molar-refractivity contribution in [1.82, 2.24) is 4.72 Å². The van der Waals surface area contributed by atoms with Crippen LogP contribution in [0.5, 0.6) is 0 Å². The molecule has 106 valence electrons. The van der Waals surface area contributed by atoms with Crippen molar-refractivity contribution in [3.05, 3.63) is 66.2 Å². The summed E-state index contributed by atoms with van der Waals surface area (Å²) in [5, 5.41) is 0. The molecule has 0 saturated heterocycles. The van der Waals surface area contributed by atoms with E-state index in [4.69, 9.17) is 0 Å². The van der Waals surface area contributed by atoms with Crippen LogP contribution in [0.4, 0.5) is 0 Å². The van der Waals surface area contributed by atoms with Crippen LogP contribution in [0.3, 0.4) is 0 Å². The van der Waals surface area contributed by atoms with E-state index in [1.807, 2.05) is 44.2 Å². The molecule has 2 aromatic rings. The predicted octanol–water partition coefficient (Wildman–Crippen LogP) is 2.94. The third kappa shape index (κ3) is 3.46. The fourth-order valence-corrected chi connectivity index (χ4v) is 3.18. The first-order chi connectivity index (χ1) is 9.42. The van der Waals surface area contributed by atoms with Gasteiger partial charge < -0.3 is 0 Å². The molecule has 0 aliphatic carbocycles. The summed E-state index contributed by atoms with van der Waals surface area (Å²) >= 11 is 0. The van der Waals surface area contributed by atoms with E-state index in [2.05, 4.69) is 4.72 Å². The molecular weight excluding hydrogens is 270 g/mol. The van der Waals surface area contributed by atoms with Crippen molar-refractivity contribution < 1.29 is 8.42 Å². The van der Waals surface area contributed by atoms with Crippen molar-refractivity contribution >= 4 is 10.0 Å². The molecule has 4 heteroatoms. The Morgan fingerprint density at radius 3 is 1.95 bits per heavy atom. The third-order valence-corrected chi connectivity index (χ3v) is 4.73. The Balaban J connectivity index is 2.12. The van der Waals surface area contributed by atoms with Crippen molar-refractivity contribution in [2.45, 2.75) is 24.2 Å². The van der Waals surface area contributed by atoms with E-state index in [1.54, 1.807) is 30.3 Å². The second-order valence-electron chi connectivity index (χ2n) is 5.39. The summed E-state index contributed by atoms with van der Waals surface area (Å²) in [4.78, 5) is 0.295. The van der Waals surface area contributed by atoms with Crippen LogP contribution in [0.15, 0.2) is 65.6 Å². The zero-order valence-corrected chi connectivity index (χ0v) is 12.5. The van der Waals surface area contributed by atoms with Gasteiger partial charge in [-0.25, -0.2) is 13.1 Å². The van der Waals surface area contributed by atoms with Gasteiger partial charge in [0.15, 0.2) is 0 Å². The fraction of sp³-hybridized carbons (Fsp3) is 0.250. The average molecular weight is 289 g/mol. The van der Waals surface area contributed by atoms with Crippen LogP contribution in [0.1, 0.15) is 19.4 Å². The maximum atomic E-state index is 12.2. The highest BCUT2D eigenvalue weighted by Crippen LogP contribution is 2.22. The monoisotopic (exact) mass is 289 g/mol. The van der Waals surface area contributed by atoms with Gasteiger partial charge in [0, 0.05) is 12.0 Å². The molecule has 1 N–H and O–H groups in total. The second-order valence-corrected chi connectivity index (χ2v) is 7.15. The first-order valence-electron chi connectivity index (χ1n) is 6.52. The first-order valence-corrected chi connectivity index (χ1v) is 8.00. The molecule has 0 heterocycles. The number of hydrogen-bond donors (Lipinski definition) is 1. The van der Waals surface area contributed by atoms with Crippen LogP contribution in [-0.2, 0) is 15.4 Å². The van der Waals surface area contributed by atoms with Crippen molar-refractivity contribution in [3.63, 3.8) is 0 Å². The topological polar surface area (TPSA) is 46.2 Å². The van der Waals surface area contributed by atoms with Crippen LogP contribution in [-0.4, -0.2) is 15.0 Å². The summed E-state index contributed by atoms with van der Waals surface area (Å²) in [6, 6.07) is 18.3. The maximum Gasteiger partial charge on any atom is 0.240 e. The lowest BCUT2D eigenvalue weighted by atomic mass is 9.85. The summed E-state index contributed by atoms with van der Waals surface area (Å²) < 4.78 is 27.1. The van der Waals surface area contributed by atoms with Gasteiger partial charge in [-0.15, -0.1) is 0 Å². The van der Waals surface area contributed by atoms with Crippen LogP contribution in [0, 0.1) is 0 Å². The van der Waals surface area contributed by atoms with Crippen LogP contribution in [0.25, 0.3) is 0 Å². The Labute approximate surface area is 120 Å². The zero-order valence-electron chi connectivity index (χ0n) is 11.7. The second kappa shape index (κ2) is 5.77. The highest BCUT2D eigenvalue weighted by molar-refractivity contribution is 7.89. The lowest BCUT2D eigenvalue weighted by Gasteiger charge is -2.25. The van der Waals surface area contributed by atoms with Gasteiger partial charge in [0.05, 0.1) is 4.90 Å². The van der Waals surface area contributed by atoms with Crippen molar-refractivity contribution in [3.8, 4) is 0 Å². The molecule has 0 aliphatic rings. The summed E-state index contributed by atoms with van der Waals surface area (Å²) in [7, 11) is -3.45. The Bertz CT molecular complexity index is 649. The first kappa shape index (κ1) is 14.8. The third-order valence-electron chi connectivity index (χ3n) is 3.31. The lowest BCUT2D eigenvalue weighted by molar-refractivity contribution is 0.501. The summed E-state index contributed by atoms with van der Waals surface area (Å²) in [5.74, 6) is 0. The molecule has 0 radical (unpaired) electrons. The predicted molar refractivity (Wildman–Crippen MR) is 81.1 cm³/mol. The van der Waals surface area contributed by atoms with Gasteiger partial charge >= 0.3 is 0 Å². The SMILES string of the molecule is CC(C)(CNS(=O)(=O)c1ccccc1)c1ccccc1. The molecule has 3 nitrogen and oxygen atoms in total. The van der Waals surface area contributed by atoms with Crippen LogP contribution >= 0.6 is 0 Å². The molecule has 0 bridgehead atoms. The Morgan fingerprint density at radius 1 is 0.900 bits per heavy atom. The lowest BCUT2D eigenvalue weighted by Crippen LogP contribution is -2.36. The minimum Gasteiger partial charge on any atom is -0.210 e. The van der Waals surface area contributed by atoms with E-state index in [0.717, 1.165) is 5.56 Å². The standard InChI is InChI=1S/C16H19NO2S/c1-16(2,14-9-5-3-6-10-14)13-17-20(18,19)15-11-7-4-8-12-15/h3-12,17H,13H2,1-2H3. The van der Waals surface area contributed by atoms with Crippen molar-refractivity contribution in [2.24, 2.45) is 0 Å². The minimum absolute atomic E-state index is 0.261. The van der Waals surface area contributed by atoms with Gasteiger partial charge in [-0.1, -0.05) is 62.4 Å². The molecule has 0 fully saturated rings. The molecule has 0 saturated carbocycles. The molecule has 0 amide bonds. The molecule has 0 spiro atoms. The normalized spacial score (nSPS) is 12.3. The van der Waals surface area contributed by atoms with Gasteiger partial charge in [-0.3, -0.25) is 0 Å². The number of hydrogen-bond acceptors (Lipinski definition) is 2. The molecule has 0 aromatic heterocycles. The molecule has 2 rings (SSSR count). The Morgan fingerprint density at radius 2 is 1.40 bits per heavy atom. The van der Waals surface area contributed by atoms with Crippen molar-refractivity contribution in [1.29, 1.82) is 0 Å². The van der Waals surface area contributed by atoms with Gasteiger partial charge in [0.25, 0.3) is 0 Å². The highest BCUT2D eigenvalue weighted by Gasteiger charge is 2.23. The summed E-state index contributed by atoms with van der Waals surface area (Å²) in [6.07, 6.45) is 0. The number of nitrogens with one attached hydrogen (secondary N) is 1. The van der Waals surface area contributed by atoms with E-state index >= 15 is 0 Å². The van der Waals surface area contributed by atoms with Gasteiger partial charge in [-0.2, -0.15) is 0 Å². The molecule has 0 atom stereocenters. The molecule has 0 aliphatic heterocycles. The van der Waals surface area contributed by atoms with Crippen LogP contribution < -0.4 is 4.72 Å². The van der Waals surface area contributed by atoms with E-state index in [-0.39, 0.29) is 5.41 Å². The quantitative estimate of drug-likeness (QED) is 0.920. The van der Waals surface area contributed by atoms with Gasteiger partial charge in [-0.05, 0) is 17.7 Å². The summed E-state index contributed by atoms with van der Waals surface area (Å²) in [6.45, 7) is 4.40. The van der Waals surface area contributed by atoms with E-state index in [9.17, 15) is 8.42 Å². The van der Waals surface area contributed by atoms with Crippen LogP contribution in [0.2, 0.25) is 0 Å².